The Morgan fingerprint density at radius 1 is 1.18 bits per heavy atom. The van der Waals surface area contributed by atoms with E-state index in [9.17, 15) is 23.1 Å². The molecule has 2 saturated heterocycles. The van der Waals surface area contributed by atoms with E-state index in [0.29, 0.717) is 57.2 Å². The zero-order valence-corrected chi connectivity index (χ0v) is 18.7. The summed E-state index contributed by atoms with van der Waals surface area (Å²) in [6.45, 7) is 1.93. The van der Waals surface area contributed by atoms with E-state index in [1.54, 1.807) is 29.0 Å². The molecular weight excluding hydrogens is 457 g/mol. The van der Waals surface area contributed by atoms with E-state index in [1.807, 2.05) is 0 Å². The van der Waals surface area contributed by atoms with Crippen LogP contribution in [0.3, 0.4) is 0 Å². The number of likely N-dealkylation sites (tertiary alicyclic amines) is 2. The van der Waals surface area contributed by atoms with Gasteiger partial charge in [0.2, 0.25) is 5.89 Å². The maximum Gasteiger partial charge on any atom is 0.573 e. The molecule has 9 nitrogen and oxygen atoms in total. The molecule has 0 aliphatic carbocycles. The van der Waals surface area contributed by atoms with Gasteiger partial charge in [-0.25, -0.2) is 4.79 Å². The molecule has 1 aromatic carbocycles. The Morgan fingerprint density at radius 3 is 2.56 bits per heavy atom. The minimum absolute atomic E-state index is 0.163. The average Bonchev–Trinajstić information content (AvgIpc) is 3.45. The lowest BCUT2D eigenvalue weighted by molar-refractivity contribution is -0.274. The first-order valence-electron chi connectivity index (χ1n) is 11.1. The Bertz CT molecular complexity index is 968. The van der Waals surface area contributed by atoms with Crippen LogP contribution in [0.1, 0.15) is 42.0 Å². The van der Waals surface area contributed by atoms with Crippen LogP contribution >= 0.6 is 0 Å². The molecule has 34 heavy (non-hydrogen) atoms. The van der Waals surface area contributed by atoms with Crippen molar-refractivity contribution in [3.63, 3.8) is 0 Å². The molecule has 2 aromatic rings. The third-order valence-corrected chi connectivity index (χ3v) is 6.10. The van der Waals surface area contributed by atoms with Gasteiger partial charge in [-0.1, -0.05) is 17.3 Å². The standard InChI is InChI=1S/C22H27F3N4O5/c1-32-9-7-19-26-20(34-27-19)16-10-15(14-2-4-18(5-3-14)33-22(23,24)25)11-29(12-16)21(31)28-8-6-17(30)13-28/h2-5,15-17,30H,6-13H2,1H3. The van der Waals surface area contributed by atoms with Crippen molar-refractivity contribution in [3.05, 3.63) is 41.5 Å². The number of benzene rings is 1. The van der Waals surface area contributed by atoms with Crippen LogP contribution in [0.4, 0.5) is 18.0 Å². The minimum Gasteiger partial charge on any atom is -0.406 e. The number of nitrogens with zero attached hydrogens (tertiary/aromatic N) is 4. The Kier molecular flexibility index (Phi) is 7.27. The van der Waals surface area contributed by atoms with Crippen LogP contribution in [0.2, 0.25) is 0 Å². The lowest BCUT2D eigenvalue weighted by atomic mass is 9.84. The van der Waals surface area contributed by atoms with Gasteiger partial charge in [-0.2, -0.15) is 4.98 Å². The lowest BCUT2D eigenvalue weighted by Gasteiger charge is -2.38. The van der Waals surface area contributed by atoms with Crippen LogP contribution in [0.15, 0.2) is 28.8 Å². The van der Waals surface area contributed by atoms with E-state index < -0.39 is 12.5 Å². The molecule has 2 fully saturated rings. The van der Waals surface area contributed by atoms with Gasteiger partial charge in [0.15, 0.2) is 5.82 Å². The van der Waals surface area contributed by atoms with Crippen LogP contribution in [0.5, 0.6) is 5.75 Å². The second-order valence-electron chi connectivity index (χ2n) is 8.61. The Balaban J connectivity index is 1.54. The number of alkyl halides is 3. The highest BCUT2D eigenvalue weighted by Gasteiger charge is 2.38. The van der Waals surface area contributed by atoms with Crippen LogP contribution in [0, 0.1) is 0 Å². The second-order valence-corrected chi connectivity index (χ2v) is 8.61. The number of amides is 2. The fourth-order valence-electron chi connectivity index (χ4n) is 4.46. The SMILES string of the molecule is COCCc1noc(C2CC(c3ccc(OC(F)(F)F)cc3)CN(C(=O)N3CCC(O)C3)C2)n1. The maximum atomic E-state index is 13.2. The number of β-amino-alcohol motifs (C(OH)–C–C–N with tert-alkyl or cyclic N) is 1. The van der Waals surface area contributed by atoms with Crippen molar-refractivity contribution < 1.29 is 37.1 Å². The van der Waals surface area contributed by atoms with Gasteiger partial charge < -0.3 is 28.9 Å². The minimum atomic E-state index is -4.76. The number of ether oxygens (including phenoxy) is 2. The maximum absolute atomic E-state index is 13.2. The summed E-state index contributed by atoms with van der Waals surface area (Å²) in [6, 6.07) is 5.50. The quantitative estimate of drug-likeness (QED) is 0.673. The summed E-state index contributed by atoms with van der Waals surface area (Å²) in [5, 5.41) is 13.8. The molecule has 0 bridgehead atoms. The van der Waals surface area contributed by atoms with Crippen molar-refractivity contribution in [1.29, 1.82) is 0 Å². The predicted molar refractivity (Wildman–Crippen MR) is 112 cm³/mol. The predicted octanol–water partition coefficient (Wildman–Crippen LogP) is 2.92. The summed E-state index contributed by atoms with van der Waals surface area (Å²) in [5.74, 6) is 0.206. The number of methoxy groups -OCH3 is 1. The molecule has 3 unspecified atom stereocenters. The number of aliphatic hydroxyl groups is 1. The zero-order chi connectivity index (χ0) is 24.3. The molecule has 2 aliphatic heterocycles. The fraction of sp³-hybridized carbons (Fsp3) is 0.591. The van der Waals surface area contributed by atoms with Crippen molar-refractivity contribution in [2.24, 2.45) is 0 Å². The Hall–Kier alpha value is -2.86. The van der Waals surface area contributed by atoms with Gasteiger partial charge in [-0.3, -0.25) is 0 Å². The topological polar surface area (TPSA) is 101 Å². The second kappa shape index (κ2) is 10.2. The molecule has 4 rings (SSSR count). The molecule has 2 amide bonds. The number of aliphatic hydroxyl groups excluding tert-OH is 1. The van der Waals surface area contributed by atoms with Gasteiger partial charge in [0.05, 0.1) is 18.6 Å². The van der Waals surface area contributed by atoms with E-state index >= 15 is 0 Å². The Morgan fingerprint density at radius 2 is 1.91 bits per heavy atom. The highest BCUT2D eigenvalue weighted by Crippen LogP contribution is 2.37. The molecule has 12 heteroatoms. The average molecular weight is 484 g/mol. The summed E-state index contributed by atoms with van der Waals surface area (Å²) in [6.07, 6.45) is -3.71. The highest BCUT2D eigenvalue weighted by molar-refractivity contribution is 5.75. The number of hydrogen-bond donors (Lipinski definition) is 1. The van der Waals surface area contributed by atoms with Crippen molar-refractivity contribution in [1.82, 2.24) is 19.9 Å². The number of piperidine rings is 1. The first-order chi connectivity index (χ1) is 16.2. The first-order valence-corrected chi connectivity index (χ1v) is 11.1. The number of urea groups is 1. The van der Waals surface area contributed by atoms with Gasteiger partial charge in [0.1, 0.15) is 5.75 Å². The summed E-state index contributed by atoms with van der Waals surface area (Å²) >= 11 is 0. The molecule has 0 spiro atoms. The number of rotatable bonds is 6. The van der Waals surface area contributed by atoms with Crippen LogP contribution in [-0.4, -0.2) is 83.4 Å². The van der Waals surface area contributed by atoms with Gasteiger partial charge in [0.25, 0.3) is 0 Å². The molecule has 186 valence electrons. The molecule has 1 aromatic heterocycles. The van der Waals surface area contributed by atoms with Crippen LogP contribution in [0.25, 0.3) is 0 Å². The molecular formula is C22H27F3N4O5. The van der Waals surface area contributed by atoms with Gasteiger partial charge in [-0.15, -0.1) is 13.2 Å². The first kappa shape index (κ1) is 24.3. The van der Waals surface area contributed by atoms with Crippen molar-refractivity contribution >= 4 is 6.03 Å². The molecule has 0 saturated carbocycles. The fourth-order valence-corrected chi connectivity index (χ4v) is 4.46. The summed E-state index contributed by atoms with van der Waals surface area (Å²) in [7, 11) is 1.58. The Labute approximate surface area is 194 Å². The van der Waals surface area contributed by atoms with E-state index in [1.165, 1.54) is 12.1 Å². The zero-order valence-electron chi connectivity index (χ0n) is 18.7. The molecule has 0 radical (unpaired) electrons. The van der Waals surface area contributed by atoms with E-state index in [0.717, 1.165) is 5.56 Å². The highest BCUT2D eigenvalue weighted by atomic mass is 19.4. The van der Waals surface area contributed by atoms with Crippen LogP contribution in [-0.2, 0) is 11.2 Å². The molecule has 1 N–H and O–H groups in total. The largest absolute Gasteiger partial charge is 0.573 e. The van der Waals surface area contributed by atoms with Crippen molar-refractivity contribution in [2.75, 3.05) is 39.9 Å². The van der Waals surface area contributed by atoms with Gasteiger partial charge in [0, 0.05) is 45.6 Å². The third kappa shape index (κ3) is 5.98. The van der Waals surface area contributed by atoms with E-state index in [2.05, 4.69) is 14.9 Å². The summed E-state index contributed by atoms with van der Waals surface area (Å²) < 4.78 is 52.0. The van der Waals surface area contributed by atoms with E-state index in [4.69, 9.17) is 9.26 Å². The third-order valence-electron chi connectivity index (χ3n) is 6.10. The lowest BCUT2D eigenvalue weighted by Crippen LogP contribution is -2.48. The number of halogens is 3. The summed E-state index contributed by atoms with van der Waals surface area (Å²) in [4.78, 5) is 20.9. The van der Waals surface area contributed by atoms with Gasteiger partial charge >= 0.3 is 12.4 Å². The monoisotopic (exact) mass is 484 g/mol. The number of aromatic nitrogens is 2. The van der Waals surface area contributed by atoms with E-state index in [-0.39, 0.29) is 30.2 Å². The van der Waals surface area contributed by atoms with Crippen molar-refractivity contribution in [2.45, 2.75) is 43.6 Å². The number of carbonyl (C=O) groups is 1. The molecule has 2 aliphatic rings. The molecule has 3 heterocycles. The van der Waals surface area contributed by atoms with Gasteiger partial charge in [-0.05, 0) is 30.5 Å². The number of carbonyl (C=O) groups excluding carboxylic acids is 1. The number of hydrogen-bond acceptors (Lipinski definition) is 7. The summed E-state index contributed by atoms with van der Waals surface area (Å²) in [5.41, 5.74) is 0.776. The molecule has 3 atom stereocenters. The van der Waals surface area contributed by atoms with Crippen LogP contribution < -0.4 is 4.74 Å². The smallest absolute Gasteiger partial charge is 0.406 e. The van der Waals surface area contributed by atoms with Crippen molar-refractivity contribution in [3.8, 4) is 5.75 Å². The normalized spacial score (nSPS) is 23.4.